The van der Waals surface area contributed by atoms with Crippen LogP contribution in [0.2, 0.25) is 0 Å². The van der Waals surface area contributed by atoms with E-state index in [9.17, 15) is 4.79 Å². The molecule has 0 radical (unpaired) electrons. The quantitative estimate of drug-likeness (QED) is 0.372. The first-order valence-corrected chi connectivity index (χ1v) is 11.5. The molecule has 3 nitrogen and oxygen atoms in total. The van der Waals surface area contributed by atoms with Crippen molar-refractivity contribution < 1.29 is 14.3 Å². The molecular formula is C28H32O3. The zero-order valence-electron chi connectivity index (χ0n) is 18.4. The zero-order valence-corrected chi connectivity index (χ0v) is 18.4. The number of aryl methyl sites for hydroxylation is 1. The molecule has 0 saturated heterocycles. The molecule has 0 aromatic heterocycles. The first kappa shape index (κ1) is 21.4. The summed E-state index contributed by atoms with van der Waals surface area (Å²) < 4.78 is 11.1. The van der Waals surface area contributed by atoms with Crippen molar-refractivity contribution in [2.24, 2.45) is 5.92 Å². The van der Waals surface area contributed by atoms with Gasteiger partial charge in [-0.3, -0.25) is 4.79 Å². The highest BCUT2D eigenvalue weighted by Gasteiger charge is 2.15. The molecule has 1 saturated carbocycles. The fraction of sp³-hybridized carbons (Fsp3) is 0.393. The van der Waals surface area contributed by atoms with Crippen molar-refractivity contribution >= 4 is 16.7 Å². The lowest BCUT2D eigenvalue weighted by Crippen LogP contribution is -2.11. The van der Waals surface area contributed by atoms with Gasteiger partial charge in [-0.25, -0.2) is 0 Å². The molecule has 1 fully saturated rings. The van der Waals surface area contributed by atoms with E-state index < -0.39 is 0 Å². The second kappa shape index (κ2) is 10.5. The molecule has 0 bridgehead atoms. The normalized spacial score (nSPS) is 14.5. The zero-order chi connectivity index (χ0) is 21.5. The summed E-state index contributed by atoms with van der Waals surface area (Å²) in [6.07, 6.45) is 8.97. The molecule has 0 atom stereocenters. The number of carbonyl (C=O) groups excluding carboxylic acids is 1. The minimum absolute atomic E-state index is 0.180. The third kappa shape index (κ3) is 5.66. The maximum atomic E-state index is 11.6. The third-order valence-electron chi connectivity index (χ3n) is 6.46. The molecule has 0 unspecified atom stereocenters. The number of ether oxygens (including phenoxy) is 2. The van der Waals surface area contributed by atoms with E-state index in [0.717, 1.165) is 41.4 Å². The number of fused-ring (bicyclic) bond motifs is 1. The molecule has 3 heteroatoms. The van der Waals surface area contributed by atoms with Crippen LogP contribution < -0.4 is 4.74 Å². The first-order valence-electron chi connectivity index (χ1n) is 11.5. The Bertz CT molecular complexity index is 1020. The molecule has 3 aromatic carbocycles. The highest BCUT2D eigenvalue weighted by molar-refractivity contribution is 5.88. The summed E-state index contributed by atoms with van der Waals surface area (Å²) in [5.74, 6) is 1.55. The monoisotopic (exact) mass is 416 g/mol. The van der Waals surface area contributed by atoms with Crippen LogP contribution in [0.5, 0.6) is 5.75 Å². The van der Waals surface area contributed by atoms with E-state index in [0.29, 0.717) is 12.8 Å². The fourth-order valence-electron chi connectivity index (χ4n) is 4.60. The molecule has 4 rings (SSSR count). The molecule has 0 spiro atoms. The first-order chi connectivity index (χ1) is 15.2. The minimum atomic E-state index is -0.180. The van der Waals surface area contributed by atoms with Crippen LogP contribution in [-0.4, -0.2) is 19.7 Å². The summed E-state index contributed by atoms with van der Waals surface area (Å²) in [5, 5.41) is 2.45. The predicted molar refractivity (Wildman–Crippen MR) is 126 cm³/mol. The lowest BCUT2D eigenvalue weighted by molar-refractivity contribution is -0.140. The van der Waals surface area contributed by atoms with Crippen molar-refractivity contribution in [2.45, 2.75) is 51.4 Å². The van der Waals surface area contributed by atoms with Crippen molar-refractivity contribution in [3.05, 3.63) is 66.2 Å². The van der Waals surface area contributed by atoms with Crippen molar-refractivity contribution in [3.8, 4) is 16.9 Å². The van der Waals surface area contributed by atoms with E-state index in [1.54, 1.807) is 0 Å². The van der Waals surface area contributed by atoms with Gasteiger partial charge in [-0.1, -0.05) is 74.6 Å². The minimum Gasteiger partial charge on any atom is -0.493 e. The van der Waals surface area contributed by atoms with E-state index in [2.05, 4.69) is 60.7 Å². The predicted octanol–water partition coefficient (Wildman–Crippen LogP) is 6.96. The van der Waals surface area contributed by atoms with Crippen molar-refractivity contribution in [1.82, 2.24) is 0 Å². The Hall–Kier alpha value is -2.81. The fourth-order valence-corrected chi connectivity index (χ4v) is 4.60. The van der Waals surface area contributed by atoms with Gasteiger partial charge in [0.15, 0.2) is 0 Å². The van der Waals surface area contributed by atoms with Gasteiger partial charge < -0.3 is 9.47 Å². The summed E-state index contributed by atoms with van der Waals surface area (Å²) in [6, 6.07) is 21.3. The second-order valence-corrected chi connectivity index (χ2v) is 8.61. The van der Waals surface area contributed by atoms with Crippen molar-refractivity contribution in [2.75, 3.05) is 13.7 Å². The highest BCUT2D eigenvalue weighted by Crippen LogP contribution is 2.34. The van der Waals surface area contributed by atoms with Crippen molar-refractivity contribution in [1.29, 1.82) is 0 Å². The molecule has 1 aliphatic carbocycles. The number of esters is 1. The SMILES string of the molecule is COC(=O)CCc1ccc(OCCC2CCCCC2)c(-c2ccc3ccccc3c2)c1. The summed E-state index contributed by atoms with van der Waals surface area (Å²) >= 11 is 0. The molecular weight excluding hydrogens is 384 g/mol. The van der Waals surface area contributed by atoms with E-state index in [-0.39, 0.29) is 5.97 Å². The second-order valence-electron chi connectivity index (χ2n) is 8.61. The summed E-state index contributed by atoms with van der Waals surface area (Å²) in [5.41, 5.74) is 3.36. The maximum Gasteiger partial charge on any atom is 0.305 e. The molecule has 0 N–H and O–H groups in total. The van der Waals surface area contributed by atoms with E-state index >= 15 is 0 Å². The molecule has 31 heavy (non-hydrogen) atoms. The van der Waals surface area contributed by atoms with Crippen LogP contribution in [0.3, 0.4) is 0 Å². The van der Waals surface area contributed by atoms with Gasteiger partial charge in [-0.2, -0.15) is 0 Å². The largest absolute Gasteiger partial charge is 0.493 e. The van der Waals surface area contributed by atoms with Gasteiger partial charge in [0, 0.05) is 12.0 Å². The number of benzene rings is 3. The van der Waals surface area contributed by atoms with Gasteiger partial charge in [-0.05, 0) is 58.9 Å². The average molecular weight is 417 g/mol. The Kier molecular flexibility index (Phi) is 7.24. The lowest BCUT2D eigenvalue weighted by atomic mass is 9.87. The van der Waals surface area contributed by atoms with Crippen molar-refractivity contribution in [3.63, 3.8) is 0 Å². The Morgan fingerprint density at radius 3 is 2.55 bits per heavy atom. The Labute approximate surface area is 185 Å². The van der Waals surface area contributed by atoms with Gasteiger partial charge in [0.25, 0.3) is 0 Å². The molecule has 0 aliphatic heterocycles. The van der Waals surface area contributed by atoms with E-state index in [1.807, 2.05) is 0 Å². The third-order valence-corrected chi connectivity index (χ3v) is 6.46. The number of hydrogen-bond acceptors (Lipinski definition) is 3. The Morgan fingerprint density at radius 1 is 0.935 bits per heavy atom. The summed E-state index contributed by atoms with van der Waals surface area (Å²) in [7, 11) is 1.44. The molecule has 162 valence electrons. The van der Waals surface area contributed by atoms with E-state index in [4.69, 9.17) is 9.47 Å². The number of rotatable bonds is 8. The van der Waals surface area contributed by atoms with Crippen LogP contribution in [0.25, 0.3) is 21.9 Å². The number of hydrogen-bond donors (Lipinski definition) is 0. The van der Waals surface area contributed by atoms with Gasteiger partial charge >= 0.3 is 5.97 Å². The smallest absolute Gasteiger partial charge is 0.305 e. The summed E-state index contributed by atoms with van der Waals surface area (Å²) in [6.45, 7) is 0.757. The standard InChI is InChI=1S/C28H32O3/c1-30-28(29)16-12-22-11-15-27(31-18-17-21-7-3-2-4-8-21)26(19-22)25-14-13-23-9-5-6-10-24(23)20-25/h5-6,9-11,13-15,19-21H,2-4,7-8,12,16-18H2,1H3. The molecule has 0 amide bonds. The van der Waals surface area contributed by atoms with Gasteiger partial charge in [0.1, 0.15) is 5.75 Å². The van der Waals surface area contributed by atoms with Crippen LogP contribution in [0.4, 0.5) is 0 Å². The van der Waals surface area contributed by atoms with Crippen LogP contribution in [0, 0.1) is 5.92 Å². The Balaban J connectivity index is 1.57. The van der Waals surface area contributed by atoms with Gasteiger partial charge in [0.05, 0.1) is 13.7 Å². The lowest BCUT2D eigenvalue weighted by Gasteiger charge is -2.22. The van der Waals surface area contributed by atoms with Gasteiger partial charge in [-0.15, -0.1) is 0 Å². The van der Waals surface area contributed by atoms with Crippen LogP contribution in [0.1, 0.15) is 50.5 Å². The molecule has 1 aliphatic rings. The van der Waals surface area contributed by atoms with Crippen LogP contribution in [-0.2, 0) is 16.0 Å². The van der Waals surface area contributed by atoms with Crippen LogP contribution >= 0.6 is 0 Å². The van der Waals surface area contributed by atoms with Crippen LogP contribution in [0.15, 0.2) is 60.7 Å². The maximum absolute atomic E-state index is 11.6. The van der Waals surface area contributed by atoms with E-state index in [1.165, 1.54) is 50.0 Å². The topological polar surface area (TPSA) is 35.5 Å². The number of methoxy groups -OCH3 is 1. The summed E-state index contributed by atoms with van der Waals surface area (Å²) in [4.78, 5) is 11.6. The molecule has 0 heterocycles. The molecule has 3 aromatic rings. The van der Waals surface area contributed by atoms with Gasteiger partial charge in [0.2, 0.25) is 0 Å². The number of carbonyl (C=O) groups is 1. The highest BCUT2D eigenvalue weighted by atomic mass is 16.5. The Morgan fingerprint density at radius 2 is 1.74 bits per heavy atom. The average Bonchev–Trinajstić information content (AvgIpc) is 2.83.